The van der Waals surface area contributed by atoms with Crippen LogP contribution in [0.5, 0.6) is 0 Å². The van der Waals surface area contributed by atoms with Crippen molar-refractivity contribution < 1.29 is 4.42 Å². The van der Waals surface area contributed by atoms with Gasteiger partial charge in [0.05, 0.1) is 5.92 Å². The van der Waals surface area contributed by atoms with Gasteiger partial charge >= 0.3 is 0 Å². The summed E-state index contributed by atoms with van der Waals surface area (Å²) >= 11 is 0. The summed E-state index contributed by atoms with van der Waals surface area (Å²) < 4.78 is 5.43. The van der Waals surface area contributed by atoms with Crippen LogP contribution in [-0.4, -0.2) is 22.8 Å². The van der Waals surface area contributed by atoms with Crippen molar-refractivity contribution in [3.8, 4) is 0 Å². The SMILES string of the molecule is Cc1nnc([C@H]2CCCN[C@H]2C)o1. The number of hydrogen-bond acceptors (Lipinski definition) is 4. The van der Waals surface area contributed by atoms with Crippen LogP contribution in [-0.2, 0) is 0 Å². The molecular formula is C9H15N3O. The van der Waals surface area contributed by atoms with Crippen LogP contribution < -0.4 is 5.32 Å². The van der Waals surface area contributed by atoms with E-state index in [0.29, 0.717) is 17.9 Å². The number of rotatable bonds is 1. The number of aryl methyl sites for hydroxylation is 1. The molecule has 1 fully saturated rings. The zero-order valence-electron chi connectivity index (χ0n) is 8.08. The highest BCUT2D eigenvalue weighted by Crippen LogP contribution is 2.26. The van der Waals surface area contributed by atoms with Gasteiger partial charge < -0.3 is 9.73 Å². The summed E-state index contributed by atoms with van der Waals surface area (Å²) in [5.41, 5.74) is 0. The van der Waals surface area contributed by atoms with Crippen molar-refractivity contribution in [2.45, 2.75) is 38.6 Å². The van der Waals surface area contributed by atoms with Crippen LogP contribution in [0.3, 0.4) is 0 Å². The van der Waals surface area contributed by atoms with Crippen molar-refractivity contribution in [3.05, 3.63) is 11.8 Å². The Labute approximate surface area is 77.7 Å². The predicted molar refractivity (Wildman–Crippen MR) is 48.5 cm³/mol. The van der Waals surface area contributed by atoms with Crippen LogP contribution >= 0.6 is 0 Å². The van der Waals surface area contributed by atoms with Gasteiger partial charge in [0.25, 0.3) is 0 Å². The second-order valence-corrected chi connectivity index (χ2v) is 3.65. The van der Waals surface area contributed by atoms with Crippen molar-refractivity contribution >= 4 is 0 Å². The first kappa shape index (κ1) is 8.69. The summed E-state index contributed by atoms with van der Waals surface area (Å²) in [5.74, 6) is 1.85. The fraction of sp³-hybridized carbons (Fsp3) is 0.778. The van der Waals surface area contributed by atoms with E-state index in [1.165, 1.54) is 6.42 Å². The molecule has 4 nitrogen and oxygen atoms in total. The fourth-order valence-corrected chi connectivity index (χ4v) is 1.84. The quantitative estimate of drug-likeness (QED) is 0.708. The molecule has 0 aromatic carbocycles. The van der Waals surface area contributed by atoms with Crippen LogP contribution in [0.25, 0.3) is 0 Å². The third kappa shape index (κ3) is 1.72. The topological polar surface area (TPSA) is 51.0 Å². The Morgan fingerprint density at radius 3 is 2.92 bits per heavy atom. The molecule has 1 aromatic heterocycles. The lowest BCUT2D eigenvalue weighted by Crippen LogP contribution is -2.37. The van der Waals surface area contributed by atoms with Gasteiger partial charge in [-0.25, -0.2) is 0 Å². The summed E-state index contributed by atoms with van der Waals surface area (Å²) in [5, 5.41) is 11.3. The molecule has 13 heavy (non-hydrogen) atoms. The molecule has 0 saturated carbocycles. The highest BCUT2D eigenvalue weighted by Gasteiger charge is 2.26. The lowest BCUT2D eigenvalue weighted by molar-refractivity contribution is 0.312. The molecule has 0 bridgehead atoms. The predicted octanol–water partition coefficient (Wildman–Crippen LogP) is 1.23. The zero-order chi connectivity index (χ0) is 9.26. The standard InChI is InChI=1S/C9H15N3O/c1-6-8(4-3-5-10-6)9-12-11-7(2)13-9/h6,8,10H,3-5H2,1-2H3/t6-,8-/m0/s1. The number of hydrogen-bond donors (Lipinski definition) is 1. The Kier molecular flexibility index (Phi) is 2.31. The van der Waals surface area contributed by atoms with Crippen LogP contribution in [0, 0.1) is 6.92 Å². The minimum absolute atomic E-state index is 0.398. The molecule has 2 heterocycles. The van der Waals surface area contributed by atoms with E-state index in [0.717, 1.165) is 18.9 Å². The highest BCUT2D eigenvalue weighted by atomic mass is 16.4. The number of nitrogens with zero attached hydrogens (tertiary/aromatic N) is 2. The molecule has 0 radical (unpaired) electrons. The largest absolute Gasteiger partial charge is 0.425 e. The normalized spacial score (nSPS) is 29.1. The Balaban J connectivity index is 2.14. The average Bonchev–Trinajstić information content (AvgIpc) is 2.53. The summed E-state index contributed by atoms with van der Waals surface area (Å²) in [6.45, 7) is 5.10. The van der Waals surface area contributed by atoms with Gasteiger partial charge in [-0.15, -0.1) is 10.2 Å². The summed E-state index contributed by atoms with van der Waals surface area (Å²) in [6, 6.07) is 0.452. The third-order valence-electron chi connectivity index (χ3n) is 2.62. The van der Waals surface area contributed by atoms with Crippen LogP contribution in [0.15, 0.2) is 4.42 Å². The van der Waals surface area contributed by atoms with E-state index >= 15 is 0 Å². The Morgan fingerprint density at radius 2 is 2.31 bits per heavy atom. The first-order chi connectivity index (χ1) is 6.27. The van der Waals surface area contributed by atoms with Crippen molar-refractivity contribution in [1.82, 2.24) is 15.5 Å². The summed E-state index contributed by atoms with van der Waals surface area (Å²) in [6.07, 6.45) is 2.34. The maximum atomic E-state index is 5.43. The molecular weight excluding hydrogens is 166 g/mol. The summed E-state index contributed by atoms with van der Waals surface area (Å²) in [4.78, 5) is 0. The Hall–Kier alpha value is -0.900. The molecule has 0 aliphatic carbocycles. The molecule has 0 amide bonds. The maximum absolute atomic E-state index is 5.43. The zero-order valence-corrected chi connectivity index (χ0v) is 8.08. The Morgan fingerprint density at radius 1 is 1.46 bits per heavy atom. The van der Waals surface area contributed by atoms with Gasteiger partial charge in [-0.3, -0.25) is 0 Å². The van der Waals surface area contributed by atoms with Crippen LogP contribution in [0.4, 0.5) is 0 Å². The van der Waals surface area contributed by atoms with Gasteiger partial charge in [0.2, 0.25) is 11.8 Å². The molecule has 1 aliphatic heterocycles. The molecule has 0 spiro atoms. The van der Waals surface area contributed by atoms with Gasteiger partial charge in [-0.05, 0) is 26.3 Å². The van der Waals surface area contributed by atoms with E-state index in [9.17, 15) is 0 Å². The number of nitrogens with one attached hydrogen (secondary N) is 1. The monoisotopic (exact) mass is 181 g/mol. The average molecular weight is 181 g/mol. The minimum atomic E-state index is 0.398. The van der Waals surface area contributed by atoms with Gasteiger partial charge in [0.1, 0.15) is 0 Å². The van der Waals surface area contributed by atoms with Gasteiger partial charge in [-0.1, -0.05) is 0 Å². The van der Waals surface area contributed by atoms with Crippen molar-refractivity contribution in [2.24, 2.45) is 0 Å². The van der Waals surface area contributed by atoms with Crippen LogP contribution in [0.2, 0.25) is 0 Å². The maximum Gasteiger partial charge on any atom is 0.221 e. The molecule has 4 heteroatoms. The molecule has 1 saturated heterocycles. The second kappa shape index (κ2) is 3.46. The van der Waals surface area contributed by atoms with E-state index in [1.54, 1.807) is 0 Å². The second-order valence-electron chi connectivity index (χ2n) is 3.65. The van der Waals surface area contributed by atoms with Crippen molar-refractivity contribution in [1.29, 1.82) is 0 Å². The van der Waals surface area contributed by atoms with E-state index in [2.05, 4.69) is 22.4 Å². The minimum Gasteiger partial charge on any atom is -0.425 e. The van der Waals surface area contributed by atoms with E-state index < -0.39 is 0 Å². The molecule has 1 aromatic rings. The van der Waals surface area contributed by atoms with Crippen molar-refractivity contribution in [2.75, 3.05) is 6.54 Å². The third-order valence-corrected chi connectivity index (χ3v) is 2.62. The number of piperidine rings is 1. The fourth-order valence-electron chi connectivity index (χ4n) is 1.84. The van der Waals surface area contributed by atoms with E-state index in [1.807, 2.05) is 6.92 Å². The van der Waals surface area contributed by atoms with Crippen molar-refractivity contribution in [3.63, 3.8) is 0 Å². The number of aromatic nitrogens is 2. The molecule has 1 aliphatic rings. The first-order valence-electron chi connectivity index (χ1n) is 4.81. The van der Waals surface area contributed by atoms with E-state index in [-0.39, 0.29) is 0 Å². The van der Waals surface area contributed by atoms with Crippen LogP contribution in [0.1, 0.15) is 37.5 Å². The lowest BCUT2D eigenvalue weighted by Gasteiger charge is -2.26. The van der Waals surface area contributed by atoms with Gasteiger partial charge in [-0.2, -0.15) is 0 Å². The first-order valence-corrected chi connectivity index (χ1v) is 4.81. The summed E-state index contributed by atoms with van der Waals surface area (Å²) in [7, 11) is 0. The van der Waals surface area contributed by atoms with Gasteiger partial charge in [0.15, 0.2) is 0 Å². The molecule has 2 atom stereocenters. The lowest BCUT2D eigenvalue weighted by atomic mass is 9.92. The Bertz CT molecular complexity index is 284. The molecule has 72 valence electrons. The highest BCUT2D eigenvalue weighted by molar-refractivity contribution is 4.98. The molecule has 2 rings (SSSR count). The molecule has 0 unspecified atom stereocenters. The van der Waals surface area contributed by atoms with E-state index in [4.69, 9.17) is 4.42 Å². The molecule has 1 N–H and O–H groups in total. The van der Waals surface area contributed by atoms with Gasteiger partial charge in [0, 0.05) is 13.0 Å². The smallest absolute Gasteiger partial charge is 0.221 e.